The Morgan fingerprint density at radius 3 is 2.77 bits per heavy atom. The number of aryl methyl sites for hydroxylation is 1. The molecular formula is C11H12Cl2. The van der Waals surface area contributed by atoms with Crippen LogP contribution in [0.15, 0.2) is 24.3 Å². The lowest BCUT2D eigenvalue weighted by atomic mass is 10.1. The van der Waals surface area contributed by atoms with Gasteiger partial charge in [0.15, 0.2) is 0 Å². The minimum Gasteiger partial charge on any atom is -0.126 e. The standard InChI is InChI=1S/C11H12Cl2/c1-9-5-6-10(8-11(9)13)4-2-3-7-12/h2,4-6,8H,3,7H2,1H3. The lowest BCUT2D eigenvalue weighted by molar-refractivity contribution is 1.24. The molecule has 0 saturated heterocycles. The third kappa shape index (κ3) is 3.41. The van der Waals surface area contributed by atoms with E-state index in [-0.39, 0.29) is 0 Å². The number of halogens is 2. The zero-order chi connectivity index (χ0) is 9.68. The normalized spacial score (nSPS) is 11.0. The van der Waals surface area contributed by atoms with Crippen molar-refractivity contribution in [2.45, 2.75) is 13.3 Å². The van der Waals surface area contributed by atoms with Crippen LogP contribution in [-0.2, 0) is 0 Å². The predicted molar refractivity (Wildman–Crippen MR) is 60.6 cm³/mol. The van der Waals surface area contributed by atoms with Gasteiger partial charge in [-0.15, -0.1) is 11.6 Å². The molecule has 0 aliphatic carbocycles. The molecule has 1 aromatic carbocycles. The second kappa shape index (κ2) is 5.31. The van der Waals surface area contributed by atoms with Gasteiger partial charge in [0, 0.05) is 10.9 Å². The minimum atomic E-state index is 0.663. The van der Waals surface area contributed by atoms with E-state index >= 15 is 0 Å². The van der Waals surface area contributed by atoms with Gasteiger partial charge < -0.3 is 0 Å². The van der Waals surface area contributed by atoms with Crippen molar-refractivity contribution < 1.29 is 0 Å². The van der Waals surface area contributed by atoms with Crippen molar-refractivity contribution in [1.29, 1.82) is 0 Å². The highest BCUT2D eigenvalue weighted by Gasteiger charge is 1.93. The molecule has 0 aromatic heterocycles. The number of benzene rings is 1. The summed E-state index contributed by atoms with van der Waals surface area (Å²) in [5.41, 5.74) is 2.23. The maximum absolute atomic E-state index is 5.97. The second-order valence-electron chi connectivity index (χ2n) is 2.89. The van der Waals surface area contributed by atoms with Crippen molar-refractivity contribution in [3.05, 3.63) is 40.4 Å². The Kier molecular flexibility index (Phi) is 4.34. The van der Waals surface area contributed by atoms with Crippen LogP contribution in [0.1, 0.15) is 17.5 Å². The maximum Gasteiger partial charge on any atom is 0.0441 e. The third-order valence-corrected chi connectivity index (χ3v) is 2.41. The molecule has 70 valence electrons. The second-order valence-corrected chi connectivity index (χ2v) is 3.67. The van der Waals surface area contributed by atoms with Crippen LogP contribution in [0, 0.1) is 6.92 Å². The molecule has 0 bridgehead atoms. The van der Waals surface area contributed by atoms with Crippen molar-refractivity contribution >= 4 is 29.3 Å². The van der Waals surface area contributed by atoms with Crippen LogP contribution in [0.25, 0.3) is 6.08 Å². The van der Waals surface area contributed by atoms with E-state index in [0.717, 1.165) is 22.6 Å². The highest BCUT2D eigenvalue weighted by atomic mass is 35.5. The molecule has 1 aromatic rings. The Balaban J connectivity index is 2.73. The summed E-state index contributed by atoms with van der Waals surface area (Å²) in [4.78, 5) is 0. The Bertz CT molecular complexity index is 303. The van der Waals surface area contributed by atoms with Crippen molar-refractivity contribution in [2.24, 2.45) is 0 Å². The molecule has 13 heavy (non-hydrogen) atoms. The van der Waals surface area contributed by atoms with E-state index in [9.17, 15) is 0 Å². The van der Waals surface area contributed by atoms with Gasteiger partial charge in [-0.25, -0.2) is 0 Å². The van der Waals surface area contributed by atoms with Gasteiger partial charge in [0.05, 0.1) is 0 Å². The summed E-state index contributed by atoms with van der Waals surface area (Å²) < 4.78 is 0. The smallest absolute Gasteiger partial charge is 0.0441 e. The van der Waals surface area contributed by atoms with Gasteiger partial charge in [-0.1, -0.05) is 35.9 Å². The lowest BCUT2D eigenvalue weighted by Gasteiger charge is -1.98. The summed E-state index contributed by atoms with van der Waals surface area (Å²) in [5.74, 6) is 0.663. The van der Waals surface area contributed by atoms with Crippen LogP contribution < -0.4 is 0 Å². The minimum absolute atomic E-state index is 0.663. The van der Waals surface area contributed by atoms with E-state index in [1.165, 1.54) is 0 Å². The quantitative estimate of drug-likeness (QED) is 0.659. The third-order valence-electron chi connectivity index (χ3n) is 1.78. The van der Waals surface area contributed by atoms with Crippen molar-refractivity contribution in [2.75, 3.05) is 5.88 Å². The van der Waals surface area contributed by atoms with E-state index in [1.54, 1.807) is 0 Å². The summed E-state index contributed by atoms with van der Waals surface area (Å²) in [6.45, 7) is 1.99. The first-order chi connectivity index (χ1) is 6.24. The average Bonchev–Trinajstić information content (AvgIpc) is 2.12. The molecule has 0 N–H and O–H groups in total. The van der Waals surface area contributed by atoms with Gasteiger partial charge in [0.25, 0.3) is 0 Å². The summed E-state index contributed by atoms with van der Waals surface area (Å²) >= 11 is 11.5. The van der Waals surface area contributed by atoms with Crippen molar-refractivity contribution in [3.63, 3.8) is 0 Å². The fourth-order valence-corrected chi connectivity index (χ4v) is 1.31. The monoisotopic (exact) mass is 214 g/mol. The van der Waals surface area contributed by atoms with Gasteiger partial charge in [-0.3, -0.25) is 0 Å². The molecule has 0 aliphatic heterocycles. The summed E-state index contributed by atoms with van der Waals surface area (Å²) in [5, 5.41) is 0.813. The fraction of sp³-hybridized carbons (Fsp3) is 0.273. The molecule has 0 atom stereocenters. The molecule has 2 heteroatoms. The van der Waals surface area contributed by atoms with E-state index < -0.39 is 0 Å². The Morgan fingerprint density at radius 2 is 2.15 bits per heavy atom. The number of alkyl halides is 1. The number of rotatable bonds is 3. The SMILES string of the molecule is Cc1ccc(C=CCCCl)cc1Cl. The van der Waals surface area contributed by atoms with Crippen LogP contribution in [0.3, 0.4) is 0 Å². The molecule has 0 spiro atoms. The zero-order valence-corrected chi connectivity index (χ0v) is 9.07. The Hall–Kier alpha value is -0.460. The van der Waals surface area contributed by atoms with Crippen LogP contribution >= 0.6 is 23.2 Å². The molecule has 0 saturated carbocycles. The van der Waals surface area contributed by atoms with Crippen LogP contribution in [0.2, 0.25) is 5.02 Å². The predicted octanol–water partition coefficient (Wildman–Crippen LogP) is 4.29. The van der Waals surface area contributed by atoms with Gasteiger partial charge in [-0.2, -0.15) is 0 Å². The number of hydrogen-bond acceptors (Lipinski definition) is 0. The fourth-order valence-electron chi connectivity index (χ4n) is 0.995. The molecule has 0 amide bonds. The highest BCUT2D eigenvalue weighted by Crippen LogP contribution is 2.17. The van der Waals surface area contributed by atoms with Crippen LogP contribution in [0.4, 0.5) is 0 Å². The summed E-state index contributed by atoms with van der Waals surface area (Å²) in [7, 11) is 0. The first-order valence-electron chi connectivity index (χ1n) is 4.22. The Labute approximate surface area is 89.2 Å². The average molecular weight is 215 g/mol. The van der Waals surface area contributed by atoms with Gasteiger partial charge >= 0.3 is 0 Å². The largest absolute Gasteiger partial charge is 0.126 e. The maximum atomic E-state index is 5.97. The zero-order valence-electron chi connectivity index (χ0n) is 7.56. The van der Waals surface area contributed by atoms with Gasteiger partial charge in [0.2, 0.25) is 0 Å². The summed E-state index contributed by atoms with van der Waals surface area (Å²) in [6, 6.07) is 6.02. The van der Waals surface area contributed by atoms with Crippen LogP contribution in [0.5, 0.6) is 0 Å². The van der Waals surface area contributed by atoms with Crippen molar-refractivity contribution in [3.8, 4) is 0 Å². The topological polar surface area (TPSA) is 0 Å². The molecular weight excluding hydrogens is 203 g/mol. The van der Waals surface area contributed by atoms with E-state index in [1.807, 2.05) is 37.3 Å². The first-order valence-corrected chi connectivity index (χ1v) is 5.14. The first kappa shape index (κ1) is 10.6. The van der Waals surface area contributed by atoms with Crippen molar-refractivity contribution in [1.82, 2.24) is 0 Å². The highest BCUT2D eigenvalue weighted by molar-refractivity contribution is 6.31. The van der Waals surface area contributed by atoms with Crippen LogP contribution in [-0.4, -0.2) is 5.88 Å². The molecule has 1 rings (SSSR count). The van der Waals surface area contributed by atoms with E-state index in [4.69, 9.17) is 23.2 Å². The lowest BCUT2D eigenvalue weighted by Crippen LogP contribution is -1.77. The molecule has 0 unspecified atom stereocenters. The Morgan fingerprint density at radius 1 is 1.38 bits per heavy atom. The van der Waals surface area contributed by atoms with E-state index in [2.05, 4.69) is 0 Å². The number of hydrogen-bond donors (Lipinski definition) is 0. The molecule has 0 aliphatic rings. The van der Waals surface area contributed by atoms with E-state index in [0.29, 0.717) is 5.88 Å². The molecule has 0 nitrogen and oxygen atoms in total. The molecule has 0 radical (unpaired) electrons. The van der Waals surface area contributed by atoms with Gasteiger partial charge in [0.1, 0.15) is 0 Å². The molecule has 0 heterocycles. The van der Waals surface area contributed by atoms with Gasteiger partial charge in [-0.05, 0) is 30.5 Å². The number of allylic oxidation sites excluding steroid dienone is 1. The summed E-state index contributed by atoms with van der Waals surface area (Å²) in [6.07, 6.45) is 4.98. The molecule has 0 fully saturated rings.